The van der Waals surface area contributed by atoms with E-state index < -0.39 is 10.0 Å². The van der Waals surface area contributed by atoms with Crippen LogP contribution in [0.5, 0.6) is 0 Å². The van der Waals surface area contributed by atoms with Crippen molar-refractivity contribution in [1.29, 1.82) is 0 Å². The first kappa shape index (κ1) is 15.5. The predicted molar refractivity (Wildman–Crippen MR) is 78.7 cm³/mol. The summed E-state index contributed by atoms with van der Waals surface area (Å²) < 4.78 is 26.5. The lowest BCUT2D eigenvalue weighted by molar-refractivity contribution is -0.120. The third-order valence-corrected chi connectivity index (χ3v) is 4.24. The fraction of sp³-hybridized carbons (Fsp3) is 0.357. The van der Waals surface area contributed by atoms with Gasteiger partial charge in [-0.2, -0.15) is 0 Å². The molecule has 7 heteroatoms. The van der Waals surface area contributed by atoms with Crippen molar-refractivity contribution in [2.24, 2.45) is 5.73 Å². The minimum atomic E-state index is -3.73. The molecule has 1 aromatic rings. The van der Waals surface area contributed by atoms with E-state index in [4.69, 9.17) is 5.73 Å². The molecule has 1 aliphatic rings. The van der Waals surface area contributed by atoms with Gasteiger partial charge in [0.15, 0.2) is 0 Å². The maximum absolute atomic E-state index is 12.1. The van der Waals surface area contributed by atoms with E-state index in [0.717, 1.165) is 12.8 Å². The van der Waals surface area contributed by atoms with Crippen molar-refractivity contribution in [1.82, 2.24) is 10.0 Å². The zero-order valence-electron chi connectivity index (χ0n) is 11.4. The number of nitrogens with one attached hydrogen (secondary N) is 2. The molecular formula is C14H17N3O3S. The highest BCUT2D eigenvalue weighted by Crippen LogP contribution is 2.18. The number of hydrogen-bond acceptors (Lipinski definition) is 4. The Hall–Kier alpha value is -1.88. The van der Waals surface area contributed by atoms with Crippen LogP contribution in [0.25, 0.3) is 0 Å². The molecule has 4 N–H and O–H groups in total. The molecule has 0 aliphatic heterocycles. The van der Waals surface area contributed by atoms with Crippen molar-refractivity contribution in [3.63, 3.8) is 0 Å². The van der Waals surface area contributed by atoms with E-state index in [-0.39, 0.29) is 29.9 Å². The Morgan fingerprint density at radius 3 is 2.81 bits per heavy atom. The number of benzene rings is 1. The van der Waals surface area contributed by atoms with Crippen molar-refractivity contribution in [3.05, 3.63) is 29.8 Å². The molecule has 2 rings (SSSR count). The summed E-state index contributed by atoms with van der Waals surface area (Å²) in [5.74, 6) is 5.11. The lowest BCUT2D eigenvalue weighted by Crippen LogP contribution is -2.37. The molecule has 0 unspecified atom stereocenters. The van der Waals surface area contributed by atoms with Crippen molar-refractivity contribution < 1.29 is 13.2 Å². The molecule has 1 aliphatic carbocycles. The quantitative estimate of drug-likeness (QED) is 0.642. The summed E-state index contributed by atoms with van der Waals surface area (Å²) in [6.07, 6.45) is 1.92. The van der Waals surface area contributed by atoms with Gasteiger partial charge in [0, 0.05) is 11.6 Å². The Labute approximate surface area is 124 Å². The molecule has 0 heterocycles. The van der Waals surface area contributed by atoms with Gasteiger partial charge in [0.25, 0.3) is 0 Å². The number of carbonyl (C=O) groups excluding carboxylic acids is 1. The molecule has 0 spiro atoms. The van der Waals surface area contributed by atoms with Crippen molar-refractivity contribution in [3.8, 4) is 11.8 Å². The van der Waals surface area contributed by atoms with Crippen LogP contribution >= 0.6 is 0 Å². The zero-order chi connectivity index (χ0) is 15.3. The third kappa shape index (κ3) is 4.86. The van der Waals surface area contributed by atoms with Gasteiger partial charge < -0.3 is 11.1 Å². The molecule has 0 saturated heterocycles. The minimum Gasteiger partial charge on any atom is -0.352 e. The topological polar surface area (TPSA) is 101 Å². The van der Waals surface area contributed by atoms with Crippen molar-refractivity contribution >= 4 is 15.9 Å². The molecule has 0 aromatic heterocycles. The maximum atomic E-state index is 12.1. The molecular weight excluding hydrogens is 290 g/mol. The van der Waals surface area contributed by atoms with Gasteiger partial charge in [-0.3, -0.25) is 4.79 Å². The molecule has 1 aromatic carbocycles. The van der Waals surface area contributed by atoms with Crippen LogP contribution in [0.4, 0.5) is 0 Å². The highest BCUT2D eigenvalue weighted by Gasteiger charge is 2.24. The monoisotopic (exact) mass is 307 g/mol. The summed E-state index contributed by atoms with van der Waals surface area (Å²) in [5, 5.41) is 2.72. The summed E-state index contributed by atoms with van der Waals surface area (Å²) in [7, 11) is -3.73. The molecule has 1 fully saturated rings. The molecule has 6 nitrogen and oxygen atoms in total. The van der Waals surface area contributed by atoms with Gasteiger partial charge in [0.05, 0.1) is 18.0 Å². The molecule has 0 atom stereocenters. The van der Waals surface area contributed by atoms with Crippen LogP contribution in [0.2, 0.25) is 0 Å². The number of nitrogens with two attached hydrogens (primary N) is 1. The molecule has 1 saturated carbocycles. The van der Waals surface area contributed by atoms with Crippen LogP contribution in [-0.4, -0.2) is 33.5 Å². The molecule has 1 amide bonds. The fourth-order valence-electron chi connectivity index (χ4n) is 1.64. The van der Waals surface area contributed by atoms with Crippen LogP contribution in [-0.2, 0) is 14.8 Å². The SMILES string of the molecule is NCC#Cc1cccc(S(=O)(=O)NCC(=O)NC2CC2)c1. The summed E-state index contributed by atoms with van der Waals surface area (Å²) in [6, 6.07) is 6.40. The van der Waals surface area contributed by atoms with Crippen LogP contribution < -0.4 is 15.8 Å². The standard InChI is InChI=1S/C14H17N3O3S/c15-8-2-4-11-3-1-5-13(9-11)21(19,20)16-10-14(18)17-12-6-7-12/h1,3,5,9,12,16H,6-8,10,15H2,(H,17,18). The first-order valence-electron chi connectivity index (χ1n) is 6.59. The molecule has 0 bridgehead atoms. The van der Waals surface area contributed by atoms with E-state index in [1.165, 1.54) is 12.1 Å². The summed E-state index contributed by atoms with van der Waals surface area (Å²) >= 11 is 0. The Morgan fingerprint density at radius 1 is 1.38 bits per heavy atom. The van der Waals surface area contributed by atoms with Gasteiger partial charge >= 0.3 is 0 Å². The number of hydrogen-bond donors (Lipinski definition) is 3. The molecule has 21 heavy (non-hydrogen) atoms. The van der Waals surface area contributed by atoms with Gasteiger partial charge in [-0.25, -0.2) is 13.1 Å². The Bertz CT molecular complexity index is 685. The second kappa shape index (κ2) is 6.72. The summed E-state index contributed by atoms with van der Waals surface area (Å²) in [5.41, 5.74) is 5.84. The Balaban J connectivity index is 2.02. The average Bonchev–Trinajstić information content (AvgIpc) is 3.27. The Morgan fingerprint density at radius 2 is 2.14 bits per heavy atom. The first-order chi connectivity index (χ1) is 10.0. The third-order valence-electron chi connectivity index (χ3n) is 2.84. The predicted octanol–water partition coefficient (Wildman–Crippen LogP) is -0.446. The maximum Gasteiger partial charge on any atom is 0.241 e. The summed E-state index contributed by atoms with van der Waals surface area (Å²) in [6.45, 7) is -0.0614. The van der Waals surface area contributed by atoms with Crippen LogP contribution in [0, 0.1) is 11.8 Å². The van der Waals surface area contributed by atoms with E-state index in [9.17, 15) is 13.2 Å². The zero-order valence-corrected chi connectivity index (χ0v) is 12.2. The fourth-order valence-corrected chi connectivity index (χ4v) is 2.67. The number of rotatable bonds is 5. The van der Waals surface area contributed by atoms with Gasteiger partial charge in [-0.15, -0.1) is 0 Å². The van der Waals surface area contributed by atoms with Gasteiger partial charge in [0.1, 0.15) is 0 Å². The number of sulfonamides is 1. The Kier molecular flexibility index (Phi) is 4.96. The van der Waals surface area contributed by atoms with E-state index in [1.54, 1.807) is 12.1 Å². The smallest absolute Gasteiger partial charge is 0.241 e. The summed E-state index contributed by atoms with van der Waals surface area (Å²) in [4.78, 5) is 11.6. The van der Waals surface area contributed by atoms with Crippen LogP contribution in [0.15, 0.2) is 29.2 Å². The van der Waals surface area contributed by atoms with Gasteiger partial charge in [0.2, 0.25) is 15.9 Å². The second-order valence-electron chi connectivity index (χ2n) is 4.70. The lowest BCUT2D eigenvalue weighted by atomic mass is 10.2. The van der Waals surface area contributed by atoms with E-state index in [2.05, 4.69) is 21.9 Å². The first-order valence-corrected chi connectivity index (χ1v) is 8.07. The minimum absolute atomic E-state index is 0.0746. The largest absolute Gasteiger partial charge is 0.352 e. The van der Waals surface area contributed by atoms with Crippen LogP contribution in [0.1, 0.15) is 18.4 Å². The van der Waals surface area contributed by atoms with Crippen molar-refractivity contribution in [2.75, 3.05) is 13.1 Å². The normalized spacial score (nSPS) is 14.1. The van der Waals surface area contributed by atoms with Crippen molar-refractivity contribution in [2.45, 2.75) is 23.8 Å². The van der Waals surface area contributed by atoms with E-state index >= 15 is 0 Å². The molecule has 0 radical (unpaired) electrons. The van der Waals surface area contributed by atoms with Gasteiger partial charge in [-0.05, 0) is 31.0 Å². The number of carbonyl (C=O) groups is 1. The van der Waals surface area contributed by atoms with E-state index in [1.807, 2.05) is 0 Å². The number of amides is 1. The average molecular weight is 307 g/mol. The van der Waals surface area contributed by atoms with Crippen LogP contribution in [0.3, 0.4) is 0 Å². The van der Waals surface area contributed by atoms with E-state index in [0.29, 0.717) is 5.56 Å². The van der Waals surface area contributed by atoms with Gasteiger partial charge in [-0.1, -0.05) is 17.9 Å². The second-order valence-corrected chi connectivity index (χ2v) is 6.47. The molecule has 112 valence electrons. The highest BCUT2D eigenvalue weighted by molar-refractivity contribution is 7.89. The lowest BCUT2D eigenvalue weighted by Gasteiger charge is -2.07. The highest BCUT2D eigenvalue weighted by atomic mass is 32.2.